The minimum absolute atomic E-state index is 0.246. The second-order valence-corrected chi connectivity index (χ2v) is 8.15. The fourth-order valence-electron chi connectivity index (χ4n) is 2.67. The average molecular weight is 385 g/mol. The first-order valence-electron chi connectivity index (χ1n) is 8.60. The summed E-state index contributed by atoms with van der Waals surface area (Å²) >= 11 is 0. The summed E-state index contributed by atoms with van der Waals surface area (Å²) in [6.07, 6.45) is 0. The SMILES string of the molecule is Cc1nc(NCCNS(=O)(=O)c2ccc3ccccc3c2)cc(N(C)C)n1. The zero-order valence-corrected chi connectivity index (χ0v) is 16.4. The summed E-state index contributed by atoms with van der Waals surface area (Å²) in [5.74, 6) is 2.11. The minimum Gasteiger partial charge on any atom is -0.369 e. The van der Waals surface area contributed by atoms with E-state index in [0.717, 1.165) is 16.6 Å². The summed E-state index contributed by atoms with van der Waals surface area (Å²) in [5.41, 5.74) is 0. The van der Waals surface area contributed by atoms with Crippen LogP contribution in [0.15, 0.2) is 53.4 Å². The summed E-state index contributed by atoms with van der Waals surface area (Å²) in [6, 6.07) is 14.6. The lowest BCUT2D eigenvalue weighted by Crippen LogP contribution is -2.29. The molecule has 0 atom stereocenters. The number of aryl methyl sites for hydroxylation is 1. The van der Waals surface area contributed by atoms with Gasteiger partial charge in [0.15, 0.2) is 0 Å². The number of nitrogens with one attached hydrogen (secondary N) is 2. The minimum atomic E-state index is -3.57. The van der Waals surface area contributed by atoms with Crippen molar-refractivity contribution in [1.29, 1.82) is 0 Å². The van der Waals surface area contributed by atoms with E-state index in [1.807, 2.05) is 62.3 Å². The molecule has 0 bridgehead atoms. The number of benzene rings is 2. The van der Waals surface area contributed by atoms with Crippen molar-refractivity contribution in [3.05, 3.63) is 54.4 Å². The Morgan fingerprint density at radius 1 is 0.963 bits per heavy atom. The molecule has 0 radical (unpaired) electrons. The van der Waals surface area contributed by atoms with E-state index >= 15 is 0 Å². The highest BCUT2D eigenvalue weighted by atomic mass is 32.2. The highest BCUT2D eigenvalue weighted by molar-refractivity contribution is 7.89. The lowest BCUT2D eigenvalue weighted by Gasteiger charge is -2.14. The van der Waals surface area contributed by atoms with Gasteiger partial charge in [0, 0.05) is 33.3 Å². The molecule has 0 amide bonds. The smallest absolute Gasteiger partial charge is 0.240 e. The molecule has 142 valence electrons. The third-order valence-corrected chi connectivity index (χ3v) is 5.50. The van der Waals surface area contributed by atoms with Gasteiger partial charge in [0.2, 0.25) is 10.0 Å². The van der Waals surface area contributed by atoms with Crippen molar-refractivity contribution < 1.29 is 8.42 Å². The number of aromatic nitrogens is 2. The molecule has 1 aromatic heterocycles. The number of anilines is 2. The van der Waals surface area contributed by atoms with E-state index in [1.165, 1.54) is 0 Å². The fraction of sp³-hybridized carbons (Fsp3) is 0.263. The van der Waals surface area contributed by atoms with E-state index in [9.17, 15) is 8.42 Å². The number of hydrogen-bond acceptors (Lipinski definition) is 6. The fourth-order valence-corrected chi connectivity index (χ4v) is 3.73. The first-order valence-corrected chi connectivity index (χ1v) is 10.1. The quantitative estimate of drug-likeness (QED) is 0.607. The van der Waals surface area contributed by atoms with Crippen molar-refractivity contribution in [2.24, 2.45) is 0 Å². The second kappa shape index (κ2) is 7.89. The zero-order valence-electron chi connectivity index (χ0n) is 15.6. The van der Waals surface area contributed by atoms with Gasteiger partial charge in [0.25, 0.3) is 0 Å². The highest BCUT2D eigenvalue weighted by Crippen LogP contribution is 2.18. The number of hydrogen-bond donors (Lipinski definition) is 2. The third-order valence-electron chi connectivity index (χ3n) is 4.04. The predicted molar refractivity (Wildman–Crippen MR) is 109 cm³/mol. The Bertz CT molecular complexity index is 1050. The van der Waals surface area contributed by atoms with Gasteiger partial charge in [-0.2, -0.15) is 0 Å². The molecule has 0 fully saturated rings. The monoisotopic (exact) mass is 385 g/mol. The normalized spacial score (nSPS) is 11.5. The van der Waals surface area contributed by atoms with Gasteiger partial charge in [0.1, 0.15) is 17.5 Å². The van der Waals surface area contributed by atoms with Gasteiger partial charge in [-0.3, -0.25) is 0 Å². The molecule has 8 heteroatoms. The maximum atomic E-state index is 12.5. The van der Waals surface area contributed by atoms with Crippen LogP contribution in [0.1, 0.15) is 5.82 Å². The van der Waals surface area contributed by atoms with Crippen LogP contribution in [0.2, 0.25) is 0 Å². The summed E-state index contributed by atoms with van der Waals surface area (Å²) in [7, 11) is 0.245. The van der Waals surface area contributed by atoms with Crippen LogP contribution in [0.25, 0.3) is 10.8 Å². The van der Waals surface area contributed by atoms with Crippen LogP contribution in [0.5, 0.6) is 0 Å². The third kappa shape index (κ3) is 4.72. The average Bonchev–Trinajstić information content (AvgIpc) is 2.64. The number of sulfonamides is 1. The number of rotatable bonds is 7. The zero-order chi connectivity index (χ0) is 19.4. The van der Waals surface area contributed by atoms with Crippen LogP contribution in [0.3, 0.4) is 0 Å². The van der Waals surface area contributed by atoms with E-state index < -0.39 is 10.0 Å². The molecule has 2 aromatic carbocycles. The standard InChI is InChI=1S/C19H23N5O2S/c1-14-22-18(13-19(23-14)24(2)3)20-10-11-21-27(25,26)17-9-8-15-6-4-5-7-16(15)12-17/h4-9,12-13,21H,10-11H2,1-3H3,(H,20,22,23). The van der Waals surface area contributed by atoms with Crippen molar-refractivity contribution in [3.8, 4) is 0 Å². The van der Waals surface area contributed by atoms with Crippen LogP contribution in [0.4, 0.5) is 11.6 Å². The Balaban J connectivity index is 1.62. The molecule has 27 heavy (non-hydrogen) atoms. The number of nitrogens with zero attached hydrogens (tertiary/aromatic N) is 3. The van der Waals surface area contributed by atoms with Gasteiger partial charge in [-0.25, -0.2) is 23.1 Å². The van der Waals surface area contributed by atoms with Crippen LogP contribution < -0.4 is 14.9 Å². The molecule has 2 N–H and O–H groups in total. The van der Waals surface area contributed by atoms with Crippen molar-refractivity contribution in [2.45, 2.75) is 11.8 Å². The first-order chi connectivity index (χ1) is 12.8. The van der Waals surface area contributed by atoms with Crippen LogP contribution in [-0.4, -0.2) is 45.6 Å². The van der Waals surface area contributed by atoms with Crippen molar-refractivity contribution in [2.75, 3.05) is 37.4 Å². The molecule has 0 aliphatic rings. The predicted octanol–water partition coefficient (Wildman–Crippen LogP) is 2.39. The van der Waals surface area contributed by atoms with E-state index in [0.29, 0.717) is 18.2 Å². The molecule has 0 saturated carbocycles. The molecule has 7 nitrogen and oxygen atoms in total. The Kier molecular flexibility index (Phi) is 5.57. The van der Waals surface area contributed by atoms with E-state index in [4.69, 9.17) is 0 Å². The van der Waals surface area contributed by atoms with Crippen LogP contribution in [-0.2, 0) is 10.0 Å². The van der Waals surface area contributed by atoms with Gasteiger partial charge >= 0.3 is 0 Å². The molecular formula is C19H23N5O2S. The second-order valence-electron chi connectivity index (χ2n) is 6.39. The lowest BCUT2D eigenvalue weighted by molar-refractivity contribution is 0.583. The molecule has 0 saturated heterocycles. The maximum Gasteiger partial charge on any atom is 0.240 e. The van der Waals surface area contributed by atoms with Crippen molar-refractivity contribution >= 4 is 32.4 Å². The molecule has 0 unspecified atom stereocenters. The Hall–Kier alpha value is -2.71. The molecule has 3 rings (SSSR count). The highest BCUT2D eigenvalue weighted by Gasteiger charge is 2.13. The summed E-state index contributed by atoms with van der Waals surface area (Å²) < 4.78 is 27.6. The van der Waals surface area contributed by atoms with E-state index in [-0.39, 0.29) is 11.4 Å². The maximum absolute atomic E-state index is 12.5. The van der Waals surface area contributed by atoms with Crippen molar-refractivity contribution in [3.63, 3.8) is 0 Å². The van der Waals surface area contributed by atoms with Gasteiger partial charge in [-0.05, 0) is 29.8 Å². The Labute approximate surface area is 159 Å². The van der Waals surface area contributed by atoms with E-state index in [1.54, 1.807) is 12.1 Å². The van der Waals surface area contributed by atoms with Gasteiger partial charge in [-0.15, -0.1) is 0 Å². The van der Waals surface area contributed by atoms with Gasteiger partial charge in [0.05, 0.1) is 4.90 Å². The molecule has 3 aromatic rings. The topological polar surface area (TPSA) is 87.2 Å². The Morgan fingerprint density at radius 3 is 2.44 bits per heavy atom. The molecule has 0 spiro atoms. The largest absolute Gasteiger partial charge is 0.369 e. The molecule has 0 aliphatic heterocycles. The van der Waals surface area contributed by atoms with Crippen LogP contribution in [0, 0.1) is 6.92 Å². The first kappa shape index (κ1) is 19.1. The summed E-state index contributed by atoms with van der Waals surface area (Å²) in [5, 5.41) is 5.03. The number of fused-ring (bicyclic) bond motifs is 1. The summed E-state index contributed by atoms with van der Waals surface area (Å²) in [4.78, 5) is 10.8. The molecule has 1 heterocycles. The Morgan fingerprint density at radius 2 is 1.70 bits per heavy atom. The van der Waals surface area contributed by atoms with Gasteiger partial charge < -0.3 is 10.2 Å². The lowest BCUT2D eigenvalue weighted by atomic mass is 10.1. The van der Waals surface area contributed by atoms with Crippen LogP contribution >= 0.6 is 0 Å². The van der Waals surface area contributed by atoms with E-state index in [2.05, 4.69) is 20.0 Å². The van der Waals surface area contributed by atoms with Gasteiger partial charge in [-0.1, -0.05) is 30.3 Å². The molecule has 0 aliphatic carbocycles. The molecular weight excluding hydrogens is 362 g/mol. The van der Waals surface area contributed by atoms with Crippen molar-refractivity contribution in [1.82, 2.24) is 14.7 Å². The summed E-state index contributed by atoms with van der Waals surface area (Å²) in [6.45, 7) is 2.48.